The number of carbonyl (C=O) groups excluding carboxylic acids is 1. The molecule has 1 fully saturated rings. The van der Waals surface area contributed by atoms with Crippen LogP contribution in [0.25, 0.3) is 5.69 Å². The van der Waals surface area contributed by atoms with Crippen molar-refractivity contribution in [2.45, 2.75) is 39.3 Å². The van der Waals surface area contributed by atoms with Gasteiger partial charge in [-0.3, -0.25) is 4.79 Å². The Bertz CT molecular complexity index is 1030. The monoisotopic (exact) mass is 439 g/mol. The average molecular weight is 440 g/mol. The number of hydrogen-bond acceptors (Lipinski definition) is 4. The summed E-state index contributed by atoms with van der Waals surface area (Å²) in [6, 6.07) is 17.0. The van der Waals surface area contributed by atoms with Crippen molar-refractivity contribution in [2.24, 2.45) is 0 Å². The molecule has 0 radical (unpaired) electrons. The number of benzene rings is 2. The van der Waals surface area contributed by atoms with Crippen LogP contribution in [0.5, 0.6) is 11.6 Å². The van der Waals surface area contributed by atoms with E-state index in [-0.39, 0.29) is 12.0 Å². The molecule has 2 heterocycles. The summed E-state index contributed by atoms with van der Waals surface area (Å²) in [6.45, 7) is 5.24. The van der Waals surface area contributed by atoms with Crippen molar-refractivity contribution < 1.29 is 14.3 Å². The molecule has 31 heavy (non-hydrogen) atoms. The molecule has 1 aliphatic heterocycles. The minimum absolute atomic E-state index is 0.000181. The number of aryl methyl sites for hydroxylation is 1. The lowest BCUT2D eigenvalue weighted by Gasteiger charge is -2.24. The predicted molar refractivity (Wildman–Crippen MR) is 120 cm³/mol. The van der Waals surface area contributed by atoms with Gasteiger partial charge in [0.1, 0.15) is 5.75 Å². The summed E-state index contributed by atoms with van der Waals surface area (Å²) in [5.74, 6) is 1.24. The van der Waals surface area contributed by atoms with Crippen LogP contribution in [-0.2, 0) is 16.1 Å². The molecule has 162 valence electrons. The van der Waals surface area contributed by atoms with Gasteiger partial charge in [-0.15, -0.1) is 0 Å². The maximum atomic E-state index is 12.4. The fourth-order valence-corrected chi connectivity index (χ4v) is 3.84. The lowest BCUT2D eigenvalue weighted by molar-refractivity contribution is -0.131. The Morgan fingerprint density at radius 2 is 1.97 bits per heavy atom. The van der Waals surface area contributed by atoms with E-state index in [1.165, 1.54) is 0 Å². The zero-order chi connectivity index (χ0) is 21.8. The van der Waals surface area contributed by atoms with Crippen molar-refractivity contribution >= 4 is 17.5 Å². The van der Waals surface area contributed by atoms with Crippen molar-refractivity contribution in [1.29, 1.82) is 0 Å². The van der Waals surface area contributed by atoms with E-state index >= 15 is 0 Å². The first-order chi connectivity index (χ1) is 15.0. The topological polar surface area (TPSA) is 56.6 Å². The van der Waals surface area contributed by atoms with Gasteiger partial charge in [-0.05, 0) is 56.2 Å². The van der Waals surface area contributed by atoms with Crippen molar-refractivity contribution in [3.05, 3.63) is 70.9 Å². The molecule has 0 saturated carbocycles. The van der Waals surface area contributed by atoms with Crippen LogP contribution < -0.4 is 4.74 Å². The van der Waals surface area contributed by atoms with Gasteiger partial charge in [0.05, 0.1) is 29.6 Å². The number of amides is 1. The quantitative estimate of drug-likeness (QED) is 0.510. The molecule has 0 aliphatic carbocycles. The summed E-state index contributed by atoms with van der Waals surface area (Å²) in [5.41, 5.74) is 2.56. The zero-order valence-corrected chi connectivity index (χ0v) is 18.5. The van der Waals surface area contributed by atoms with Crippen LogP contribution in [0.3, 0.4) is 0 Å². The van der Waals surface area contributed by atoms with Gasteiger partial charge in [0.25, 0.3) is 0 Å². The largest absolute Gasteiger partial charge is 0.439 e. The molecule has 0 spiro atoms. The number of para-hydroxylation sites is 1. The fraction of sp³-hybridized carbons (Fsp3) is 0.333. The van der Waals surface area contributed by atoms with Crippen LogP contribution in [0, 0.1) is 6.92 Å². The van der Waals surface area contributed by atoms with E-state index in [1.807, 2.05) is 54.3 Å². The third-order valence-electron chi connectivity index (χ3n) is 5.41. The molecule has 1 saturated heterocycles. The van der Waals surface area contributed by atoms with Crippen LogP contribution in [0.4, 0.5) is 0 Å². The van der Waals surface area contributed by atoms with E-state index in [4.69, 9.17) is 26.2 Å². The normalized spacial score (nSPS) is 15.8. The molecule has 0 N–H and O–H groups in total. The number of ether oxygens (including phenoxy) is 2. The van der Waals surface area contributed by atoms with Gasteiger partial charge >= 0.3 is 0 Å². The Balaban J connectivity index is 1.70. The van der Waals surface area contributed by atoms with Gasteiger partial charge in [0, 0.05) is 25.1 Å². The van der Waals surface area contributed by atoms with Gasteiger partial charge in [0.15, 0.2) is 0 Å². The van der Waals surface area contributed by atoms with E-state index in [1.54, 1.807) is 23.7 Å². The van der Waals surface area contributed by atoms with Crippen molar-refractivity contribution in [2.75, 3.05) is 13.2 Å². The van der Waals surface area contributed by atoms with Crippen molar-refractivity contribution in [3.63, 3.8) is 0 Å². The fourth-order valence-electron chi connectivity index (χ4n) is 3.71. The first-order valence-corrected chi connectivity index (χ1v) is 10.8. The highest BCUT2D eigenvalue weighted by Gasteiger charge is 2.25. The summed E-state index contributed by atoms with van der Waals surface area (Å²) in [7, 11) is 0. The SMILES string of the molecule is CC(=O)N(Cc1c(C)nn(-c2ccccc2)c1Oc1ccc(Cl)cc1)CC1CCCO1. The zero-order valence-electron chi connectivity index (χ0n) is 17.8. The van der Waals surface area contributed by atoms with E-state index in [9.17, 15) is 4.79 Å². The van der Waals surface area contributed by atoms with E-state index < -0.39 is 0 Å². The van der Waals surface area contributed by atoms with Crippen molar-refractivity contribution in [1.82, 2.24) is 14.7 Å². The lowest BCUT2D eigenvalue weighted by Crippen LogP contribution is -2.35. The molecule has 1 aliphatic rings. The molecule has 2 aromatic carbocycles. The molecule has 1 aromatic heterocycles. The number of nitrogens with zero attached hydrogens (tertiary/aromatic N) is 3. The van der Waals surface area contributed by atoms with Gasteiger partial charge < -0.3 is 14.4 Å². The molecule has 7 heteroatoms. The van der Waals surface area contributed by atoms with E-state index in [0.717, 1.165) is 36.4 Å². The maximum Gasteiger partial charge on any atom is 0.227 e. The minimum Gasteiger partial charge on any atom is -0.439 e. The number of hydrogen-bond donors (Lipinski definition) is 0. The highest BCUT2D eigenvalue weighted by atomic mass is 35.5. The third kappa shape index (κ3) is 5.09. The van der Waals surface area contributed by atoms with Crippen LogP contribution in [-0.4, -0.2) is 39.8 Å². The Morgan fingerprint density at radius 1 is 1.23 bits per heavy atom. The van der Waals surface area contributed by atoms with Crippen LogP contribution >= 0.6 is 11.6 Å². The minimum atomic E-state index is -0.000181. The molecule has 1 atom stereocenters. The summed E-state index contributed by atoms with van der Waals surface area (Å²) in [6.07, 6.45) is 2.08. The second kappa shape index (κ2) is 9.54. The number of rotatable bonds is 7. The Kier molecular flexibility index (Phi) is 6.59. The van der Waals surface area contributed by atoms with Crippen molar-refractivity contribution in [3.8, 4) is 17.3 Å². The lowest BCUT2D eigenvalue weighted by atomic mass is 10.2. The molecule has 1 unspecified atom stereocenters. The molecule has 0 bridgehead atoms. The van der Waals surface area contributed by atoms with Crippen LogP contribution in [0.1, 0.15) is 31.0 Å². The maximum absolute atomic E-state index is 12.4. The van der Waals surface area contributed by atoms with Gasteiger partial charge in [0.2, 0.25) is 11.8 Å². The standard InChI is InChI=1S/C24H26ClN3O3/c1-17-23(16-27(18(2)29)15-22-9-6-14-30-22)24(31-21-12-10-19(25)11-13-21)28(26-17)20-7-4-3-5-8-20/h3-5,7-8,10-13,22H,6,9,14-16H2,1-2H3. The highest BCUT2D eigenvalue weighted by Crippen LogP contribution is 2.32. The second-order valence-electron chi connectivity index (χ2n) is 7.71. The van der Waals surface area contributed by atoms with Gasteiger partial charge in [-0.2, -0.15) is 5.10 Å². The van der Waals surface area contributed by atoms with Crippen LogP contribution in [0.2, 0.25) is 5.02 Å². The molecule has 4 rings (SSSR count). The number of halogens is 1. The Labute approximate surface area is 187 Å². The summed E-state index contributed by atoms with van der Waals surface area (Å²) in [5, 5.41) is 5.37. The molecular formula is C24H26ClN3O3. The molecule has 6 nitrogen and oxygen atoms in total. The molecule has 1 amide bonds. The summed E-state index contributed by atoms with van der Waals surface area (Å²) >= 11 is 6.03. The number of carbonyl (C=O) groups is 1. The second-order valence-corrected chi connectivity index (χ2v) is 8.14. The smallest absolute Gasteiger partial charge is 0.227 e. The predicted octanol–water partition coefficient (Wildman–Crippen LogP) is 5.15. The van der Waals surface area contributed by atoms with Crippen LogP contribution in [0.15, 0.2) is 54.6 Å². The Morgan fingerprint density at radius 3 is 2.61 bits per heavy atom. The third-order valence-corrected chi connectivity index (χ3v) is 5.66. The first kappa shape index (κ1) is 21.4. The molecule has 3 aromatic rings. The summed E-state index contributed by atoms with van der Waals surface area (Å²) < 4.78 is 13.8. The summed E-state index contributed by atoms with van der Waals surface area (Å²) in [4.78, 5) is 14.2. The Hall–Kier alpha value is -2.83. The van der Waals surface area contributed by atoms with Gasteiger partial charge in [-0.1, -0.05) is 29.8 Å². The van der Waals surface area contributed by atoms with Gasteiger partial charge in [-0.25, -0.2) is 4.68 Å². The van der Waals surface area contributed by atoms with E-state index in [0.29, 0.717) is 29.7 Å². The van der Waals surface area contributed by atoms with E-state index in [2.05, 4.69) is 0 Å². The molecular weight excluding hydrogens is 414 g/mol. The number of aromatic nitrogens is 2. The first-order valence-electron chi connectivity index (χ1n) is 10.5. The highest BCUT2D eigenvalue weighted by molar-refractivity contribution is 6.30. The average Bonchev–Trinajstić information content (AvgIpc) is 3.38.